The number of nitrogens with zero attached hydrogens (tertiary/aromatic N) is 4. The fourth-order valence-corrected chi connectivity index (χ4v) is 3.21. The summed E-state index contributed by atoms with van der Waals surface area (Å²) in [6, 6.07) is 2.22. The number of hydrogen-bond donors (Lipinski definition) is 0. The monoisotopic (exact) mass is 276 g/mol. The van der Waals surface area contributed by atoms with Crippen LogP contribution < -0.4 is 0 Å². The maximum absolute atomic E-state index is 12.4. The third-order valence-corrected chi connectivity index (χ3v) is 4.32. The molecule has 1 saturated heterocycles. The van der Waals surface area contributed by atoms with Gasteiger partial charge in [0.1, 0.15) is 4.88 Å². The SMILES string of the molecule is Cc1ncc(C(=O)N2CCC[C@@H](n3cccn3)C2)s1. The molecule has 100 valence electrons. The van der Waals surface area contributed by atoms with Crippen molar-refractivity contribution in [2.24, 2.45) is 0 Å². The quantitative estimate of drug-likeness (QED) is 0.844. The molecule has 2 aromatic rings. The van der Waals surface area contributed by atoms with Gasteiger partial charge in [0.05, 0.1) is 17.2 Å². The molecule has 0 aromatic carbocycles. The van der Waals surface area contributed by atoms with Gasteiger partial charge in [-0.3, -0.25) is 9.48 Å². The number of hydrogen-bond acceptors (Lipinski definition) is 4. The molecule has 0 unspecified atom stereocenters. The van der Waals surface area contributed by atoms with Crippen LogP contribution in [0.4, 0.5) is 0 Å². The van der Waals surface area contributed by atoms with Gasteiger partial charge in [0, 0.05) is 25.5 Å². The number of piperidine rings is 1. The van der Waals surface area contributed by atoms with Gasteiger partial charge in [-0.15, -0.1) is 11.3 Å². The summed E-state index contributed by atoms with van der Waals surface area (Å²) in [7, 11) is 0. The van der Waals surface area contributed by atoms with E-state index in [2.05, 4.69) is 10.1 Å². The first-order valence-electron chi connectivity index (χ1n) is 6.45. The van der Waals surface area contributed by atoms with E-state index in [0.717, 1.165) is 35.8 Å². The van der Waals surface area contributed by atoms with E-state index in [0.29, 0.717) is 6.04 Å². The van der Waals surface area contributed by atoms with Crippen molar-refractivity contribution in [2.75, 3.05) is 13.1 Å². The molecule has 0 aliphatic carbocycles. The van der Waals surface area contributed by atoms with Gasteiger partial charge in [-0.1, -0.05) is 0 Å². The Hall–Kier alpha value is -1.69. The van der Waals surface area contributed by atoms with Crippen LogP contribution in [0.2, 0.25) is 0 Å². The second-order valence-corrected chi connectivity index (χ2v) is 6.01. The minimum absolute atomic E-state index is 0.0995. The molecule has 1 atom stereocenters. The lowest BCUT2D eigenvalue weighted by Crippen LogP contribution is -2.40. The maximum atomic E-state index is 12.4. The van der Waals surface area contributed by atoms with Gasteiger partial charge >= 0.3 is 0 Å². The average Bonchev–Trinajstić information content (AvgIpc) is 3.09. The number of aryl methyl sites for hydroxylation is 1. The van der Waals surface area contributed by atoms with Gasteiger partial charge in [-0.2, -0.15) is 5.10 Å². The Morgan fingerprint density at radius 2 is 2.42 bits per heavy atom. The molecule has 5 nitrogen and oxygen atoms in total. The number of carbonyl (C=O) groups is 1. The van der Waals surface area contributed by atoms with Gasteiger partial charge in [-0.05, 0) is 25.8 Å². The van der Waals surface area contributed by atoms with E-state index in [1.165, 1.54) is 11.3 Å². The normalized spacial score (nSPS) is 19.6. The summed E-state index contributed by atoms with van der Waals surface area (Å²) in [5.41, 5.74) is 0. The molecule has 0 saturated carbocycles. The van der Waals surface area contributed by atoms with Crippen LogP contribution in [0.15, 0.2) is 24.7 Å². The van der Waals surface area contributed by atoms with E-state index in [9.17, 15) is 4.79 Å². The Morgan fingerprint density at radius 1 is 1.53 bits per heavy atom. The minimum Gasteiger partial charge on any atom is -0.336 e. The summed E-state index contributed by atoms with van der Waals surface area (Å²) < 4.78 is 1.96. The maximum Gasteiger partial charge on any atom is 0.265 e. The van der Waals surface area contributed by atoms with Crippen LogP contribution in [-0.2, 0) is 0 Å². The van der Waals surface area contributed by atoms with Crippen molar-refractivity contribution in [3.8, 4) is 0 Å². The highest BCUT2D eigenvalue weighted by molar-refractivity contribution is 7.13. The fourth-order valence-electron chi connectivity index (χ4n) is 2.47. The van der Waals surface area contributed by atoms with Gasteiger partial charge in [0.25, 0.3) is 5.91 Å². The van der Waals surface area contributed by atoms with Crippen molar-refractivity contribution in [2.45, 2.75) is 25.8 Å². The largest absolute Gasteiger partial charge is 0.336 e. The third kappa shape index (κ3) is 2.53. The molecule has 19 heavy (non-hydrogen) atoms. The second kappa shape index (κ2) is 5.13. The number of carbonyl (C=O) groups excluding carboxylic acids is 1. The van der Waals surface area contributed by atoms with E-state index < -0.39 is 0 Å². The first-order valence-corrected chi connectivity index (χ1v) is 7.26. The predicted molar refractivity (Wildman–Crippen MR) is 73.3 cm³/mol. The van der Waals surface area contributed by atoms with E-state index in [4.69, 9.17) is 0 Å². The molecule has 1 aliphatic heterocycles. The van der Waals surface area contributed by atoms with Crippen LogP contribution in [0.25, 0.3) is 0 Å². The fraction of sp³-hybridized carbons (Fsp3) is 0.462. The minimum atomic E-state index is 0.0995. The Kier molecular flexibility index (Phi) is 3.33. The summed E-state index contributed by atoms with van der Waals surface area (Å²) in [6.45, 7) is 3.48. The topological polar surface area (TPSA) is 51.0 Å². The Morgan fingerprint density at radius 3 is 3.11 bits per heavy atom. The second-order valence-electron chi connectivity index (χ2n) is 4.78. The van der Waals surface area contributed by atoms with Gasteiger partial charge in [0.15, 0.2) is 0 Å². The molecule has 1 fully saturated rings. The standard InChI is InChI=1S/C13H16N4OS/c1-10-14-8-12(19-10)13(18)16-6-2-4-11(9-16)17-7-3-5-15-17/h3,5,7-8,11H,2,4,6,9H2,1H3/t11-/m1/s1. The van der Waals surface area contributed by atoms with Gasteiger partial charge in [-0.25, -0.2) is 4.98 Å². The lowest BCUT2D eigenvalue weighted by Gasteiger charge is -2.32. The molecule has 1 amide bonds. The molecule has 0 radical (unpaired) electrons. The zero-order chi connectivity index (χ0) is 13.2. The van der Waals surface area contributed by atoms with Crippen molar-refractivity contribution in [1.82, 2.24) is 19.7 Å². The Balaban J connectivity index is 1.73. The van der Waals surface area contributed by atoms with Crippen molar-refractivity contribution in [3.05, 3.63) is 34.5 Å². The Labute approximate surface area is 115 Å². The molecular weight excluding hydrogens is 260 g/mol. The summed E-state index contributed by atoms with van der Waals surface area (Å²) in [5.74, 6) is 0.0995. The van der Waals surface area contributed by atoms with Crippen LogP contribution in [0.3, 0.4) is 0 Å². The highest BCUT2D eigenvalue weighted by atomic mass is 32.1. The van der Waals surface area contributed by atoms with E-state index in [-0.39, 0.29) is 5.91 Å². The lowest BCUT2D eigenvalue weighted by molar-refractivity contribution is 0.0677. The zero-order valence-corrected chi connectivity index (χ0v) is 11.6. The Bertz CT molecular complexity index is 563. The van der Waals surface area contributed by atoms with E-state index >= 15 is 0 Å². The highest BCUT2D eigenvalue weighted by Gasteiger charge is 2.26. The summed E-state index contributed by atoms with van der Waals surface area (Å²) in [4.78, 5) is 19.2. The summed E-state index contributed by atoms with van der Waals surface area (Å²) >= 11 is 1.46. The average molecular weight is 276 g/mol. The summed E-state index contributed by atoms with van der Waals surface area (Å²) in [5, 5.41) is 5.21. The number of aromatic nitrogens is 3. The number of rotatable bonds is 2. The molecule has 2 aromatic heterocycles. The molecule has 3 rings (SSSR count). The number of thiazole rings is 1. The number of likely N-dealkylation sites (tertiary alicyclic amines) is 1. The van der Waals surface area contributed by atoms with Crippen molar-refractivity contribution < 1.29 is 4.79 Å². The zero-order valence-electron chi connectivity index (χ0n) is 10.8. The van der Waals surface area contributed by atoms with Crippen LogP contribution >= 0.6 is 11.3 Å². The van der Waals surface area contributed by atoms with Crippen molar-refractivity contribution in [1.29, 1.82) is 0 Å². The van der Waals surface area contributed by atoms with E-state index in [1.54, 1.807) is 12.4 Å². The molecule has 3 heterocycles. The highest BCUT2D eigenvalue weighted by Crippen LogP contribution is 2.23. The molecule has 0 bridgehead atoms. The first kappa shape index (κ1) is 12.3. The van der Waals surface area contributed by atoms with Crippen LogP contribution in [0, 0.1) is 6.92 Å². The first-order chi connectivity index (χ1) is 9.24. The van der Waals surface area contributed by atoms with Gasteiger partial charge < -0.3 is 4.90 Å². The predicted octanol–water partition coefficient (Wildman–Crippen LogP) is 2.13. The molecule has 1 aliphatic rings. The third-order valence-electron chi connectivity index (χ3n) is 3.41. The molecule has 0 spiro atoms. The van der Waals surface area contributed by atoms with Crippen LogP contribution in [0.5, 0.6) is 0 Å². The van der Waals surface area contributed by atoms with Crippen molar-refractivity contribution >= 4 is 17.2 Å². The number of amides is 1. The van der Waals surface area contributed by atoms with Crippen LogP contribution in [0.1, 0.15) is 33.6 Å². The molecule has 6 heteroatoms. The van der Waals surface area contributed by atoms with Crippen molar-refractivity contribution in [3.63, 3.8) is 0 Å². The molecular formula is C13H16N4OS. The lowest BCUT2D eigenvalue weighted by atomic mass is 10.1. The van der Waals surface area contributed by atoms with Gasteiger partial charge in [0.2, 0.25) is 0 Å². The van der Waals surface area contributed by atoms with E-state index in [1.807, 2.05) is 28.8 Å². The smallest absolute Gasteiger partial charge is 0.265 e. The summed E-state index contributed by atoms with van der Waals surface area (Å²) in [6.07, 6.45) is 7.53. The van der Waals surface area contributed by atoms with Crippen LogP contribution in [-0.4, -0.2) is 38.7 Å². The molecule has 0 N–H and O–H groups in total.